The van der Waals surface area contributed by atoms with Crippen LogP contribution in [0.3, 0.4) is 0 Å². The van der Waals surface area contributed by atoms with Gasteiger partial charge in [0.1, 0.15) is 5.82 Å². The zero-order valence-electron chi connectivity index (χ0n) is 11.7. The summed E-state index contributed by atoms with van der Waals surface area (Å²) in [4.78, 5) is 27.1. The molecule has 1 heterocycles. The first-order valence-corrected chi connectivity index (χ1v) is 6.93. The van der Waals surface area contributed by atoms with E-state index in [1.807, 2.05) is 13.8 Å². The minimum Gasteiger partial charge on any atom is -0.481 e. The molecule has 1 aromatic heterocycles. The number of aliphatic carboxylic acids is 1. The third-order valence-corrected chi connectivity index (χ3v) is 3.61. The number of hydrogen-bond acceptors (Lipinski definition) is 4. The zero-order valence-corrected chi connectivity index (χ0v) is 11.7. The molecule has 1 saturated carbocycles. The lowest BCUT2D eigenvalue weighted by atomic mass is 9.86. The van der Waals surface area contributed by atoms with Gasteiger partial charge in [-0.3, -0.25) is 14.7 Å². The van der Waals surface area contributed by atoms with Gasteiger partial charge in [-0.25, -0.2) is 4.98 Å². The fraction of sp³-hybridized carbons (Fsp3) is 0.692. The fourth-order valence-electron chi connectivity index (χ4n) is 2.43. The van der Waals surface area contributed by atoms with Crippen molar-refractivity contribution in [3.63, 3.8) is 0 Å². The van der Waals surface area contributed by atoms with Crippen LogP contribution in [0.25, 0.3) is 0 Å². The molecular formula is C13H20N4O3. The summed E-state index contributed by atoms with van der Waals surface area (Å²) in [5, 5.41) is 18.5. The first-order valence-electron chi connectivity index (χ1n) is 6.93. The number of aromatic nitrogens is 3. The molecule has 1 aliphatic rings. The molecule has 2 atom stereocenters. The van der Waals surface area contributed by atoms with Crippen molar-refractivity contribution in [1.82, 2.24) is 20.5 Å². The highest BCUT2D eigenvalue weighted by molar-refractivity contribution is 5.90. The molecule has 7 nitrogen and oxygen atoms in total. The summed E-state index contributed by atoms with van der Waals surface area (Å²) < 4.78 is 0. The van der Waals surface area contributed by atoms with E-state index in [1.54, 1.807) is 0 Å². The van der Waals surface area contributed by atoms with E-state index in [1.165, 1.54) is 0 Å². The van der Waals surface area contributed by atoms with E-state index < -0.39 is 5.97 Å². The molecule has 110 valence electrons. The Morgan fingerprint density at radius 3 is 2.75 bits per heavy atom. The van der Waals surface area contributed by atoms with Gasteiger partial charge in [0.05, 0.1) is 5.92 Å². The molecule has 0 aromatic carbocycles. The highest BCUT2D eigenvalue weighted by atomic mass is 16.4. The van der Waals surface area contributed by atoms with Crippen LogP contribution in [-0.2, 0) is 4.79 Å². The average Bonchev–Trinajstić information content (AvgIpc) is 2.88. The predicted octanol–water partition coefficient (Wildman–Crippen LogP) is 1.30. The van der Waals surface area contributed by atoms with Crippen LogP contribution in [-0.4, -0.2) is 38.2 Å². The number of hydrogen-bond donors (Lipinski definition) is 3. The predicted molar refractivity (Wildman–Crippen MR) is 71.3 cm³/mol. The minimum absolute atomic E-state index is 0.113. The van der Waals surface area contributed by atoms with Crippen molar-refractivity contribution in [2.75, 3.05) is 0 Å². The van der Waals surface area contributed by atoms with Crippen molar-refractivity contribution in [1.29, 1.82) is 0 Å². The van der Waals surface area contributed by atoms with Gasteiger partial charge >= 0.3 is 5.97 Å². The van der Waals surface area contributed by atoms with Crippen molar-refractivity contribution < 1.29 is 14.7 Å². The normalized spacial score (nSPS) is 22.8. The van der Waals surface area contributed by atoms with Crippen LogP contribution in [0.1, 0.15) is 61.9 Å². The Morgan fingerprint density at radius 2 is 2.15 bits per heavy atom. The maximum Gasteiger partial charge on any atom is 0.306 e. The molecule has 2 unspecified atom stereocenters. The van der Waals surface area contributed by atoms with E-state index in [4.69, 9.17) is 5.11 Å². The molecule has 1 aromatic rings. The summed E-state index contributed by atoms with van der Waals surface area (Å²) in [7, 11) is 0. The molecule has 1 aliphatic carbocycles. The lowest BCUT2D eigenvalue weighted by Crippen LogP contribution is -2.40. The van der Waals surface area contributed by atoms with Crippen molar-refractivity contribution in [3.05, 3.63) is 11.6 Å². The topological polar surface area (TPSA) is 108 Å². The molecule has 0 saturated heterocycles. The van der Waals surface area contributed by atoms with Gasteiger partial charge in [0.2, 0.25) is 5.82 Å². The molecule has 1 amide bonds. The summed E-state index contributed by atoms with van der Waals surface area (Å²) in [6.07, 6.45) is 2.77. The van der Waals surface area contributed by atoms with E-state index in [2.05, 4.69) is 20.5 Å². The Hall–Kier alpha value is -1.92. The molecule has 20 heavy (non-hydrogen) atoms. The molecule has 7 heteroatoms. The van der Waals surface area contributed by atoms with Gasteiger partial charge < -0.3 is 10.4 Å². The number of nitrogens with one attached hydrogen (secondary N) is 2. The standard InChI is InChI=1S/C13H20N4O3/c1-7(2)10-15-11(17-16-10)12(18)14-9-5-3-4-8(6-9)13(19)20/h7-9H,3-6H2,1-2H3,(H,14,18)(H,19,20)(H,15,16,17). The monoisotopic (exact) mass is 280 g/mol. The van der Waals surface area contributed by atoms with Crippen molar-refractivity contribution in [3.8, 4) is 0 Å². The summed E-state index contributed by atoms with van der Waals surface area (Å²) in [6.45, 7) is 3.92. The molecule has 0 spiro atoms. The van der Waals surface area contributed by atoms with Crippen LogP contribution in [0.2, 0.25) is 0 Å². The number of carbonyl (C=O) groups excluding carboxylic acids is 1. The van der Waals surface area contributed by atoms with Crippen LogP contribution < -0.4 is 5.32 Å². The number of carbonyl (C=O) groups is 2. The van der Waals surface area contributed by atoms with Crippen LogP contribution in [0.5, 0.6) is 0 Å². The van der Waals surface area contributed by atoms with E-state index in [0.29, 0.717) is 18.7 Å². The highest BCUT2D eigenvalue weighted by Crippen LogP contribution is 2.24. The van der Waals surface area contributed by atoms with E-state index in [9.17, 15) is 9.59 Å². The molecule has 0 aliphatic heterocycles. The Bertz CT molecular complexity index is 498. The summed E-state index contributed by atoms with van der Waals surface area (Å²) in [6, 6.07) is -0.113. The van der Waals surface area contributed by atoms with Crippen LogP contribution >= 0.6 is 0 Å². The highest BCUT2D eigenvalue weighted by Gasteiger charge is 2.28. The maximum atomic E-state index is 12.0. The lowest BCUT2D eigenvalue weighted by molar-refractivity contribution is -0.143. The van der Waals surface area contributed by atoms with Crippen molar-refractivity contribution in [2.24, 2.45) is 5.92 Å². The Kier molecular flexibility index (Phi) is 4.36. The Balaban J connectivity index is 1.95. The van der Waals surface area contributed by atoms with E-state index in [0.717, 1.165) is 12.8 Å². The SMILES string of the molecule is CC(C)c1nc(C(=O)NC2CCCC(C(=O)O)C2)n[nH]1. The quantitative estimate of drug-likeness (QED) is 0.770. The Labute approximate surface area is 117 Å². The minimum atomic E-state index is -0.788. The summed E-state index contributed by atoms with van der Waals surface area (Å²) >= 11 is 0. The van der Waals surface area contributed by atoms with Crippen LogP contribution in [0, 0.1) is 5.92 Å². The second-order valence-corrected chi connectivity index (χ2v) is 5.57. The molecular weight excluding hydrogens is 260 g/mol. The van der Waals surface area contributed by atoms with Gasteiger partial charge in [-0.1, -0.05) is 20.3 Å². The number of aromatic amines is 1. The molecule has 2 rings (SSSR count). The van der Waals surface area contributed by atoms with Gasteiger partial charge in [0, 0.05) is 12.0 Å². The zero-order chi connectivity index (χ0) is 14.7. The molecule has 1 fully saturated rings. The van der Waals surface area contributed by atoms with Crippen LogP contribution in [0.4, 0.5) is 0 Å². The fourth-order valence-corrected chi connectivity index (χ4v) is 2.43. The van der Waals surface area contributed by atoms with E-state index in [-0.39, 0.29) is 29.6 Å². The number of carboxylic acid groups (broad SMARTS) is 1. The summed E-state index contributed by atoms with van der Waals surface area (Å²) in [5.74, 6) is -0.538. The number of nitrogens with zero attached hydrogens (tertiary/aromatic N) is 2. The number of amides is 1. The van der Waals surface area contributed by atoms with Gasteiger partial charge in [0.15, 0.2) is 0 Å². The second-order valence-electron chi connectivity index (χ2n) is 5.57. The van der Waals surface area contributed by atoms with Gasteiger partial charge in [-0.05, 0) is 19.3 Å². The molecule has 0 bridgehead atoms. The Morgan fingerprint density at radius 1 is 1.40 bits per heavy atom. The summed E-state index contributed by atoms with van der Waals surface area (Å²) in [5.41, 5.74) is 0. The largest absolute Gasteiger partial charge is 0.481 e. The van der Waals surface area contributed by atoms with Gasteiger partial charge in [0.25, 0.3) is 5.91 Å². The number of rotatable bonds is 4. The molecule has 0 radical (unpaired) electrons. The third kappa shape index (κ3) is 3.34. The maximum absolute atomic E-state index is 12.0. The number of H-pyrrole nitrogens is 1. The van der Waals surface area contributed by atoms with Crippen LogP contribution in [0.15, 0.2) is 0 Å². The van der Waals surface area contributed by atoms with Crippen molar-refractivity contribution >= 4 is 11.9 Å². The molecule has 3 N–H and O–H groups in total. The second kappa shape index (κ2) is 6.02. The number of carboxylic acids is 1. The van der Waals surface area contributed by atoms with Gasteiger partial charge in [-0.2, -0.15) is 0 Å². The lowest BCUT2D eigenvalue weighted by Gasteiger charge is -2.26. The smallest absolute Gasteiger partial charge is 0.306 e. The first-order chi connectivity index (χ1) is 9.47. The third-order valence-electron chi connectivity index (χ3n) is 3.61. The van der Waals surface area contributed by atoms with Gasteiger partial charge in [-0.15, -0.1) is 5.10 Å². The average molecular weight is 280 g/mol. The van der Waals surface area contributed by atoms with E-state index >= 15 is 0 Å². The van der Waals surface area contributed by atoms with Crippen molar-refractivity contribution in [2.45, 2.75) is 51.5 Å². The first kappa shape index (κ1) is 14.5.